The molecule has 0 atom stereocenters. The molecular formula is C9H8ClN2O+. The monoisotopic (exact) mass is 195 g/mol. The van der Waals surface area contributed by atoms with Gasteiger partial charge in [0.2, 0.25) is 0 Å². The van der Waals surface area contributed by atoms with Gasteiger partial charge in [-0.3, -0.25) is 0 Å². The Morgan fingerprint density at radius 3 is 2.62 bits per heavy atom. The summed E-state index contributed by atoms with van der Waals surface area (Å²) >= 11 is 0. The SMILES string of the molecule is Cl.O=[n+]1cccc2ccccc2n1. The Morgan fingerprint density at radius 1 is 1.08 bits per heavy atom. The van der Waals surface area contributed by atoms with E-state index >= 15 is 0 Å². The van der Waals surface area contributed by atoms with Crippen LogP contribution in [-0.2, 0) is 0 Å². The van der Waals surface area contributed by atoms with E-state index in [-0.39, 0.29) is 12.4 Å². The van der Waals surface area contributed by atoms with E-state index in [1.54, 1.807) is 6.07 Å². The number of nitrogens with zero attached hydrogens (tertiary/aromatic N) is 2. The number of rotatable bonds is 0. The highest BCUT2D eigenvalue weighted by molar-refractivity contribution is 5.85. The smallest absolute Gasteiger partial charge is 0.147 e. The third-order valence-corrected chi connectivity index (χ3v) is 1.63. The van der Waals surface area contributed by atoms with Crippen LogP contribution in [0, 0.1) is 4.91 Å². The van der Waals surface area contributed by atoms with Crippen LogP contribution in [0.25, 0.3) is 10.9 Å². The molecule has 0 saturated carbocycles. The van der Waals surface area contributed by atoms with Crippen molar-refractivity contribution in [3.63, 3.8) is 0 Å². The second-order valence-corrected chi connectivity index (χ2v) is 2.47. The Balaban J connectivity index is 0.000000845. The lowest BCUT2D eigenvalue weighted by Gasteiger charge is -1.82. The van der Waals surface area contributed by atoms with E-state index in [0.717, 1.165) is 5.39 Å². The van der Waals surface area contributed by atoms with Crippen molar-refractivity contribution < 1.29 is 4.54 Å². The maximum Gasteiger partial charge on any atom is 0.260 e. The first-order valence-electron chi connectivity index (χ1n) is 3.65. The van der Waals surface area contributed by atoms with Gasteiger partial charge in [0.15, 0.2) is 4.54 Å². The summed E-state index contributed by atoms with van der Waals surface area (Å²) in [5, 5.41) is 4.76. The number of fused-ring (bicyclic) bond motifs is 1. The van der Waals surface area contributed by atoms with Gasteiger partial charge in [-0.05, 0) is 12.1 Å². The van der Waals surface area contributed by atoms with Crippen LogP contribution in [0.3, 0.4) is 0 Å². The van der Waals surface area contributed by atoms with Gasteiger partial charge in [0.25, 0.3) is 6.20 Å². The molecule has 0 aliphatic heterocycles. The van der Waals surface area contributed by atoms with Crippen molar-refractivity contribution in [2.24, 2.45) is 0 Å². The first-order valence-corrected chi connectivity index (χ1v) is 3.65. The molecule has 4 heteroatoms. The van der Waals surface area contributed by atoms with Crippen molar-refractivity contribution in [2.45, 2.75) is 0 Å². The first kappa shape index (κ1) is 9.61. The van der Waals surface area contributed by atoms with E-state index in [4.69, 9.17) is 0 Å². The zero-order valence-corrected chi connectivity index (χ0v) is 7.57. The summed E-state index contributed by atoms with van der Waals surface area (Å²) in [5.41, 5.74) is 0.706. The summed E-state index contributed by atoms with van der Waals surface area (Å²) in [6.45, 7) is 0. The number of benzene rings is 1. The first-order chi connectivity index (χ1) is 5.86. The number of hydrogen-bond acceptors (Lipinski definition) is 2. The highest BCUT2D eigenvalue weighted by Crippen LogP contribution is 2.05. The van der Waals surface area contributed by atoms with E-state index in [1.165, 1.54) is 6.20 Å². The summed E-state index contributed by atoms with van der Waals surface area (Å²) in [6, 6.07) is 11.0. The van der Waals surface area contributed by atoms with Crippen molar-refractivity contribution in [2.75, 3.05) is 0 Å². The largest absolute Gasteiger partial charge is 0.260 e. The minimum atomic E-state index is 0. The highest BCUT2D eigenvalue weighted by atomic mass is 35.5. The molecule has 1 heterocycles. The zero-order valence-electron chi connectivity index (χ0n) is 6.75. The van der Waals surface area contributed by atoms with Gasteiger partial charge in [0.05, 0.1) is 10.0 Å². The molecular weight excluding hydrogens is 188 g/mol. The van der Waals surface area contributed by atoms with Crippen LogP contribution in [0.4, 0.5) is 0 Å². The lowest BCUT2D eigenvalue weighted by Crippen LogP contribution is -2.14. The summed E-state index contributed by atoms with van der Waals surface area (Å²) in [7, 11) is 0. The Hall–Kier alpha value is -1.48. The standard InChI is InChI=1S/C9H7N2O.ClH/c12-11-7-3-5-8-4-1-2-6-9(8)10-11;/h1-7H;1H/q+1;. The normalized spacial score (nSPS) is 9.23. The molecule has 0 aliphatic rings. The predicted molar refractivity (Wildman–Crippen MR) is 52.4 cm³/mol. The average molecular weight is 196 g/mol. The molecule has 0 radical (unpaired) electrons. The summed E-state index contributed by atoms with van der Waals surface area (Å²) in [6.07, 6.45) is 1.38. The second kappa shape index (κ2) is 3.96. The molecule has 0 spiro atoms. The molecule has 0 saturated heterocycles. The average Bonchev–Trinajstić information content (AvgIpc) is 2.25. The highest BCUT2D eigenvalue weighted by Gasteiger charge is 1.95. The Morgan fingerprint density at radius 2 is 1.77 bits per heavy atom. The van der Waals surface area contributed by atoms with E-state index in [2.05, 4.69) is 5.10 Å². The molecule has 3 nitrogen and oxygen atoms in total. The number of hydrogen-bond donors (Lipinski definition) is 0. The maximum atomic E-state index is 10.9. The Bertz CT molecular complexity index is 473. The fourth-order valence-electron chi connectivity index (χ4n) is 1.08. The quantitative estimate of drug-likeness (QED) is 0.599. The van der Waals surface area contributed by atoms with Crippen molar-refractivity contribution in [3.05, 3.63) is 47.5 Å². The van der Waals surface area contributed by atoms with Gasteiger partial charge in [0.1, 0.15) is 5.52 Å². The van der Waals surface area contributed by atoms with Gasteiger partial charge in [-0.15, -0.1) is 12.4 Å². The Labute approximate surface area is 81.0 Å². The van der Waals surface area contributed by atoms with E-state index in [9.17, 15) is 4.91 Å². The van der Waals surface area contributed by atoms with Crippen LogP contribution < -0.4 is 4.54 Å². The fraction of sp³-hybridized carbons (Fsp3) is 0. The van der Waals surface area contributed by atoms with Gasteiger partial charge in [0, 0.05) is 11.5 Å². The Kier molecular flexibility index (Phi) is 2.93. The van der Waals surface area contributed by atoms with Gasteiger partial charge < -0.3 is 0 Å². The van der Waals surface area contributed by atoms with Crippen LogP contribution in [0.5, 0.6) is 0 Å². The van der Waals surface area contributed by atoms with Crippen LogP contribution >= 0.6 is 12.4 Å². The van der Waals surface area contributed by atoms with Crippen LogP contribution in [0.2, 0.25) is 0 Å². The van der Waals surface area contributed by atoms with Crippen molar-refractivity contribution in [3.8, 4) is 0 Å². The van der Waals surface area contributed by atoms with Crippen LogP contribution in [-0.4, -0.2) is 5.10 Å². The van der Waals surface area contributed by atoms with Crippen molar-refractivity contribution >= 4 is 23.3 Å². The van der Waals surface area contributed by atoms with Crippen molar-refractivity contribution in [1.82, 2.24) is 5.10 Å². The molecule has 0 amide bonds. The van der Waals surface area contributed by atoms with E-state index in [1.807, 2.05) is 30.3 Å². The molecule has 2 aromatic rings. The third-order valence-electron chi connectivity index (χ3n) is 1.63. The van der Waals surface area contributed by atoms with E-state index in [0.29, 0.717) is 10.1 Å². The van der Waals surface area contributed by atoms with Gasteiger partial charge in [-0.2, -0.15) is 0 Å². The molecule has 13 heavy (non-hydrogen) atoms. The molecule has 0 fully saturated rings. The van der Waals surface area contributed by atoms with E-state index < -0.39 is 0 Å². The summed E-state index contributed by atoms with van der Waals surface area (Å²) < 4.78 is 0.558. The molecule has 2 rings (SSSR count). The lowest BCUT2D eigenvalue weighted by molar-refractivity contribution is -0.560. The maximum absolute atomic E-state index is 10.9. The summed E-state index contributed by atoms with van der Waals surface area (Å²) in [4.78, 5) is 10.9. The molecule has 1 aromatic heterocycles. The number of aromatic nitrogens is 2. The summed E-state index contributed by atoms with van der Waals surface area (Å²) in [5.74, 6) is 0. The fourth-order valence-corrected chi connectivity index (χ4v) is 1.08. The minimum absolute atomic E-state index is 0. The van der Waals surface area contributed by atoms with Gasteiger partial charge in [-0.25, -0.2) is 0 Å². The molecule has 0 unspecified atom stereocenters. The van der Waals surface area contributed by atoms with Gasteiger partial charge in [-0.1, -0.05) is 18.2 Å². The molecule has 0 bridgehead atoms. The third kappa shape index (κ3) is 2.00. The van der Waals surface area contributed by atoms with Crippen molar-refractivity contribution in [1.29, 1.82) is 0 Å². The predicted octanol–water partition coefficient (Wildman–Crippen LogP) is 1.57. The van der Waals surface area contributed by atoms with Gasteiger partial charge >= 0.3 is 0 Å². The molecule has 66 valence electrons. The topological polar surface area (TPSA) is 35.9 Å². The second-order valence-electron chi connectivity index (χ2n) is 2.47. The number of halogens is 1. The minimum Gasteiger partial charge on any atom is -0.147 e. The van der Waals surface area contributed by atoms with Crippen LogP contribution in [0.1, 0.15) is 0 Å². The molecule has 0 aliphatic carbocycles. The molecule has 1 aromatic carbocycles. The zero-order chi connectivity index (χ0) is 8.39. The lowest BCUT2D eigenvalue weighted by atomic mass is 10.2. The molecule has 0 N–H and O–H groups in total. The van der Waals surface area contributed by atoms with Crippen LogP contribution in [0.15, 0.2) is 42.6 Å².